The predicted molar refractivity (Wildman–Crippen MR) is 100 cm³/mol. The van der Waals surface area contributed by atoms with E-state index in [9.17, 15) is 4.39 Å². The van der Waals surface area contributed by atoms with E-state index in [1.807, 2.05) is 10.8 Å². The van der Waals surface area contributed by atoms with Crippen LogP contribution in [0.15, 0.2) is 43.0 Å². The molecule has 1 aromatic carbocycles. The molecule has 142 valence electrons. The summed E-state index contributed by atoms with van der Waals surface area (Å²) in [7, 11) is 0. The van der Waals surface area contributed by atoms with E-state index in [1.165, 1.54) is 17.1 Å². The highest BCUT2D eigenvalue weighted by Crippen LogP contribution is 2.36. The van der Waals surface area contributed by atoms with Gasteiger partial charge in [-0.1, -0.05) is 17.3 Å². The van der Waals surface area contributed by atoms with E-state index < -0.39 is 0 Å². The normalized spacial score (nSPS) is 16.8. The second-order valence-corrected chi connectivity index (χ2v) is 6.78. The van der Waals surface area contributed by atoms with Crippen molar-refractivity contribution in [2.75, 3.05) is 12.3 Å². The van der Waals surface area contributed by atoms with Crippen molar-refractivity contribution in [3.63, 3.8) is 0 Å². The molecule has 4 heterocycles. The van der Waals surface area contributed by atoms with E-state index in [0.29, 0.717) is 23.7 Å². The summed E-state index contributed by atoms with van der Waals surface area (Å²) in [6.45, 7) is 1.16. The lowest BCUT2D eigenvalue weighted by Gasteiger charge is -2.07. The average Bonchev–Trinajstić information content (AvgIpc) is 3.43. The lowest BCUT2D eigenvalue weighted by Crippen LogP contribution is -2.01. The van der Waals surface area contributed by atoms with E-state index in [0.717, 1.165) is 36.0 Å². The van der Waals surface area contributed by atoms with Gasteiger partial charge in [-0.25, -0.2) is 19.0 Å². The molecule has 5 rings (SSSR count). The third-order valence-electron chi connectivity index (χ3n) is 4.96. The molecule has 1 atom stereocenters. The summed E-state index contributed by atoms with van der Waals surface area (Å²) in [6, 6.07) is 6.44. The number of nitrogens with two attached hydrogens (primary N) is 1. The molecule has 1 fully saturated rings. The maximum absolute atomic E-state index is 14.0. The van der Waals surface area contributed by atoms with Crippen LogP contribution >= 0.6 is 0 Å². The van der Waals surface area contributed by atoms with E-state index in [1.54, 1.807) is 24.4 Å². The topological polar surface area (TPSA) is 96.7 Å². The first-order chi connectivity index (χ1) is 13.7. The van der Waals surface area contributed by atoms with E-state index in [4.69, 9.17) is 10.5 Å². The lowest BCUT2D eigenvalue weighted by molar-refractivity contribution is 0.113. The Morgan fingerprint density at radius 2 is 2.11 bits per heavy atom. The van der Waals surface area contributed by atoms with E-state index >= 15 is 0 Å². The number of ether oxygens (including phenoxy) is 1. The molecule has 9 heteroatoms. The van der Waals surface area contributed by atoms with Gasteiger partial charge < -0.3 is 15.0 Å². The summed E-state index contributed by atoms with van der Waals surface area (Å²) in [4.78, 5) is 8.55. The Morgan fingerprint density at radius 3 is 2.93 bits per heavy atom. The Labute approximate surface area is 159 Å². The monoisotopic (exact) mass is 379 g/mol. The Bertz CT molecular complexity index is 1150. The van der Waals surface area contributed by atoms with Crippen LogP contribution in [0.1, 0.15) is 30.2 Å². The maximum Gasteiger partial charge on any atom is 0.148 e. The van der Waals surface area contributed by atoms with Crippen molar-refractivity contribution in [1.29, 1.82) is 0 Å². The summed E-state index contributed by atoms with van der Waals surface area (Å²) in [6.07, 6.45) is 7.10. The van der Waals surface area contributed by atoms with Crippen molar-refractivity contribution in [1.82, 2.24) is 29.5 Å². The number of halogens is 1. The number of para-hydroxylation sites is 1. The van der Waals surface area contributed by atoms with Crippen LogP contribution in [0, 0.1) is 5.82 Å². The summed E-state index contributed by atoms with van der Waals surface area (Å²) in [5.41, 5.74) is 8.88. The van der Waals surface area contributed by atoms with Crippen molar-refractivity contribution in [3.05, 3.63) is 60.1 Å². The van der Waals surface area contributed by atoms with Crippen molar-refractivity contribution >= 4 is 16.9 Å². The SMILES string of the molecule is Nc1ncnc2c1c(C1CCCO1)cn2Cc1cn(-c2ccccc2F)nn1. The van der Waals surface area contributed by atoms with Crippen LogP contribution in [0.3, 0.4) is 0 Å². The van der Waals surface area contributed by atoms with Crippen LogP contribution in [0.2, 0.25) is 0 Å². The number of hydrogen-bond acceptors (Lipinski definition) is 6. The Balaban J connectivity index is 1.52. The van der Waals surface area contributed by atoms with Crippen LogP contribution in [0.5, 0.6) is 0 Å². The Kier molecular flexibility index (Phi) is 4.01. The Morgan fingerprint density at radius 1 is 1.21 bits per heavy atom. The molecular weight excluding hydrogens is 361 g/mol. The maximum atomic E-state index is 14.0. The van der Waals surface area contributed by atoms with Gasteiger partial charge >= 0.3 is 0 Å². The molecular formula is C19H18FN7O. The fourth-order valence-electron chi connectivity index (χ4n) is 3.67. The van der Waals surface area contributed by atoms with Crippen LogP contribution < -0.4 is 5.73 Å². The number of nitrogen functional groups attached to an aromatic ring is 1. The number of nitrogens with zero attached hydrogens (tertiary/aromatic N) is 6. The first-order valence-electron chi connectivity index (χ1n) is 9.07. The summed E-state index contributed by atoms with van der Waals surface area (Å²) >= 11 is 0. The molecule has 3 aromatic heterocycles. The standard InChI is InChI=1S/C19H18FN7O/c20-14-4-1-2-5-15(14)27-9-12(24-25-27)8-26-10-13(16-6-3-7-28-16)17-18(21)22-11-23-19(17)26/h1-2,4-5,9-11,16H,3,6-8H2,(H2,21,22,23). The molecule has 0 spiro atoms. The third kappa shape index (κ3) is 2.80. The van der Waals surface area contributed by atoms with Crippen LogP contribution in [0.25, 0.3) is 16.7 Å². The number of rotatable bonds is 4. The molecule has 1 unspecified atom stereocenters. The van der Waals surface area contributed by atoms with Gasteiger partial charge in [-0.15, -0.1) is 5.10 Å². The molecule has 0 aliphatic carbocycles. The summed E-state index contributed by atoms with van der Waals surface area (Å²) < 4.78 is 23.2. The number of fused-ring (bicyclic) bond motifs is 1. The van der Waals surface area contributed by atoms with Crippen molar-refractivity contribution in [3.8, 4) is 5.69 Å². The fourth-order valence-corrected chi connectivity index (χ4v) is 3.67. The first-order valence-corrected chi connectivity index (χ1v) is 9.07. The smallest absolute Gasteiger partial charge is 0.148 e. The highest BCUT2D eigenvalue weighted by atomic mass is 19.1. The average molecular weight is 379 g/mol. The molecule has 0 saturated carbocycles. The Hall–Kier alpha value is -3.33. The minimum Gasteiger partial charge on any atom is -0.383 e. The lowest BCUT2D eigenvalue weighted by atomic mass is 10.1. The number of benzene rings is 1. The second-order valence-electron chi connectivity index (χ2n) is 6.78. The van der Waals surface area contributed by atoms with Gasteiger partial charge in [0.25, 0.3) is 0 Å². The highest BCUT2D eigenvalue weighted by Gasteiger charge is 2.25. The zero-order valence-electron chi connectivity index (χ0n) is 15.0. The summed E-state index contributed by atoms with van der Waals surface area (Å²) in [5, 5.41) is 9.06. The molecule has 4 aromatic rings. The van der Waals surface area contributed by atoms with Gasteiger partial charge in [0.1, 0.15) is 35.0 Å². The largest absolute Gasteiger partial charge is 0.383 e. The number of anilines is 1. The van der Waals surface area contributed by atoms with Gasteiger partial charge in [0.05, 0.1) is 24.2 Å². The number of hydrogen-bond donors (Lipinski definition) is 1. The molecule has 1 aliphatic rings. The molecule has 1 aliphatic heterocycles. The molecule has 1 saturated heterocycles. The summed E-state index contributed by atoms with van der Waals surface area (Å²) in [5.74, 6) is 0.0795. The molecule has 28 heavy (non-hydrogen) atoms. The zero-order chi connectivity index (χ0) is 19.1. The van der Waals surface area contributed by atoms with Gasteiger partial charge in [0.2, 0.25) is 0 Å². The van der Waals surface area contributed by atoms with Gasteiger partial charge in [0, 0.05) is 18.4 Å². The number of aromatic nitrogens is 6. The van der Waals surface area contributed by atoms with E-state index in [-0.39, 0.29) is 11.9 Å². The molecule has 2 N–H and O–H groups in total. The van der Waals surface area contributed by atoms with Crippen molar-refractivity contribution < 1.29 is 9.13 Å². The molecule has 0 amide bonds. The zero-order valence-corrected chi connectivity index (χ0v) is 15.0. The predicted octanol–water partition coefficient (Wildman–Crippen LogP) is 2.63. The van der Waals surface area contributed by atoms with Crippen molar-refractivity contribution in [2.24, 2.45) is 0 Å². The van der Waals surface area contributed by atoms with Gasteiger partial charge in [-0.05, 0) is 25.0 Å². The third-order valence-corrected chi connectivity index (χ3v) is 4.96. The minimum absolute atomic E-state index is 0.00820. The fraction of sp³-hybridized carbons (Fsp3) is 0.263. The molecule has 0 radical (unpaired) electrons. The molecule has 8 nitrogen and oxygen atoms in total. The van der Waals surface area contributed by atoms with Gasteiger partial charge in [-0.2, -0.15) is 0 Å². The van der Waals surface area contributed by atoms with Gasteiger partial charge in [-0.3, -0.25) is 0 Å². The minimum atomic E-state index is -0.355. The first kappa shape index (κ1) is 16.8. The molecule has 0 bridgehead atoms. The van der Waals surface area contributed by atoms with Gasteiger partial charge in [0.15, 0.2) is 0 Å². The highest BCUT2D eigenvalue weighted by molar-refractivity contribution is 5.90. The van der Waals surface area contributed by atoms with Crippen LogP contribution in [-0.4, -0.2) is 36.1 Å². The van der Waals surface area contributed by atoms with Crippen molar-refractivity contribution in [2.45, 2.75) is 25.5 Å². The second kappa shape index (κ2) is 6.68. The quantitative estimate of drug-likeness (QED) is 0.585. The van der Waals surface area contributed by atoms with Crippen LogP contribution in [-0.2, 0) is 11.3 Å². The van der Waals surface area contributed by atoms with E-state index in [2.05, 4.69) is 20.3 Å². The van der Waals surface area contributed by atoms with Crippen LogP contribution in [0.4, 0.5) is 10.2 Å².